The molecule has 17 heteroatoms. The molecule has 0 radical (unpaired) electrons. The second kappa shape index (κ2) is 16.9. The fourth-order valence-corrected chi connectivity index (χ4v) is 8.03. The molecule has 8 atom stereocenters. The number of nitrogens with zero attached hydrogens (tertiary/aromatic N) is 1. The lowest BCUT2D eigenvalue weighted by molar-refractivity contribution is -0.176. The number of rotatable bonds is 11. The minimum Gasteiger partial charge on any atom is -0.497 e. The van der Waals surface area contributed by atoms with Crippen molar-refractivity contribution in [3.05, 3.63) is 47.2 Å². The van der Waals surface area contributed by atoms with Crippen LogP contribution in [0.25, 0.3) is 10.9 Å². The van der Waals surface area contributed by atoms with E-state index in [1.54, 1.807) is 26.4 Å². The van der Waals surface area contributed by atoms with Crippen molar-refractivity contribution in [3.63, 3.8) is 0 Å². The number of aromatic nitrogens is 1. The van der Waals surface area contributed by atoms with Crippen LogP contribution in [0.15, 0.2) is 30.3 Å². The molecule has 3 heterocycles. The van der Waals surface area contributed by atoms with Crippen molar-refractivity contribution in [2.24, 2.45) is 17.8 Å². The predicted octanol–water partition coefficient (Wildman–Crippen LogP) is 2.05. The van der Waals surface area contributed by atoms with E-state index in [1.807, 2.05) is 12.1 Å². The van der Waals surface area contributed by atoms with E-state index in [2.05, 4.69) is 16.0 Å². The van der Waals surface area contributed by atoms with Gasteiger partial charge in [-0.15, -0.1) is 0 Å². The summed E-state index contributed by atoms with van der Waals surface area (Å²) >= 11 is 0. The Bertz CT molecular complexity index is 1820. The number of aliphatic hydroxyl groups is 2. The first-order chi connectivity index (χ1) is 25.8. The Hall–Kier alpha value is -5.10. The maximum absolute atomic E-state index is 13.5. The number of carbonyl (C=O) groups excluding carboxylic acids is 2. The van der Waals surface area contributed by atoms with Crippen LogP contribution >= 0.6 is 0 Å². The number of carboxylic acid groups (broad SMARTS) is 2. The van der Waals surface area contributed by atoms with E-state index in [9.17, 15) is 19.2 Å². The number of methoxy groups -OCH3 is 6. The first-order valence-corrected chi connectivity index (χ1v) is 17.2. The number of H-pyrrole nitrogens is 1. The average Bonchev–Trinajstić information content (AvgIpc) is 3.56. The van der Waals surface area contributed by atoms with Crippen LogP contribution in [0.1, 0.15) is 40.5 Å². The van der Waals surface area contributed by atoms with Gasteiger partial charge in [0.05, 0.1) is 53.1 Å². The Morgan fingerprint density at radius 2 is 1.50 bits per heavy atom. The molecule has 0 bridgehead atoms. The van der Waals surface area contributed by atoms with Crippen LogP contribution in [0.3, 0.4) is 0 Å². The number of benzene rings is 2. The highest BCUT2D eigenvalue weighted by molar-refractivity contribution is 5.91. The summed E-state index contributed by atoms with van der Waals surface area (Å²) in [7, 11) is 9.10. The summed E-state index contributed by atoms with van der Waals surface area (Å²) in [6, 6.07) is 9.40. The van der Waals surface area contributed by atoms with Crippen LogP contribution < -0.4 is 18.9 Å². The van der Waals surface area contributed by atoms with Crippen LogP contribution in [0.4, 0.5) is 0 Å². The van der Waals surface area contributed by atoms with Gasteiger partial charge in [0.25, 0.3) is 0 Å². The van der Waals surface area contributed by atoms with Gasteiger partial charge in [-0.2, -0.15) is 0 Å². The van der Waals surface area contributed by atoms with Gasteiger partial charge in [-0.1, -0.05) is 0 Å². The monoisotopic (exact) mass is 758 g/mol. The highest BCUT2D eigenvalue weighted by atomic mass is 16.6. The maximum atomic E-state index is 13.5. The maximum Gasteiger partial charge on any atom is 0.338 e. The number of hydrogen-bond acceptors (Lipinski definition) is 14. The first-order valence-electron chi connectivity index (χ1n) is 17.2. The Morgan fingerprint density at radius 1 is 0.852 bits per heavy atom. The number of fused-ring (bicyclic) bond motifs is 6. The molecule has 0 spiro atoms. The smallest absolute Gasteiger partial charge is 0.338 e. The van der Waals surface area contributed by atoms with Gasteiger partial charge in [-0.3, -0.25) is 9.69 Å². The van der Waals surface area contributed by atoms with Gasteiger partial charge >= 0.3 is 23.9 Å². The van der Waals surface area contributed by atoms with Crippen molar-refractivity contribution in [2.45, 2.75) is 49.7 Å². The Morgan fingerprint density at radius 3 is 2.04 bits per heavy atom. The van der Waals surface area contributed by atoms with Crippen LogP contribution in [-0.4, -0.2) is 134 Å². The molecule has 1 saturated carbocycles. The average molecular weight is 759 g/mol. The lowest BCUT2D eigenvalue weighted by Crippen LogP contribution is -2.58. The Labute approximate surface area is 310 Å². The summed E-state index contributed by atoms with van der Waals surface area (Å²) < 4.78 is 39.1. The highest BCUT2D eigenvalue weighted by Gasteiger charge is 2.54. The topological polar surface area (TPSA) is 233 Å². The first kappa shape index (κ1) is 40.1. The summed E-state index contributed by atoms with van der Waals surface area (Å²) in [6.45, 7) is 1.68. The number of aliphatic carboxylic acids is 2. The number of carboxylic acids is 2. The minimum absolute atomic E-state index is 0.0170. The molecule has 2 fully saturated rings. The Balaban J connectivity index is 0.000000493. The third kappa shape index (κ3) is 7.75. The van der Waals surface area contributed by atoms with E-state index in [4.69, 9.17) is 53.6 Å². The molecule has 2 aromatic carbocycles. The van der Waals surface area contributed by atoms with E-state index < -0.39 is 48.2 Å². The van der Waals surface area contributed by atoms with Gasteiger partial charge in [-0.25, -0.2) is 14.4 Å². The fraction of sp³-hybridized carbons (Fsp3) is 0.514. The summed E-state index contributed by atoms with van der Waals surface area (Å²) in [5.41, 5.74) is 3.83. The largest absolute Gasteiger partial charge is 0.497 e. The summed E-state index contributed by atoms with van der Waals surface area (Å²) in [4.78, 5) is 52.7. The van der Waals surface area contributed by atoms with Crippen molar-refractivity contribution in [1.29, 1.82) is 0 Å². The molecular weight excluding hydrogens is 712 g/mol. The number of nitrogens with one attached hydrogen (secondary N) is 1. The van der Waals surface area contributed by atoms with Gasteiger partial charge in [0.1, 0.15) is 18.0 Å². The fourth-order valence-electron chi connectivity index (χ4n) is 8.03. The quantitative estimate of drug-likeness (QED) is 0.176. The van der Waals surface area contributed by atoms with Crippen molar-refractivity contribution in [2.75, 3.05) is 55.7 Å². The standard InChI is InChI=1S/C33H40N2O9.C4H6O6/c1-38-19-7-8-20-21-9-10-35-16-18-13-27(44-32(36)17-11-25(39-2)30(41-4)26(12-17)40-3)31(42-5)28(33(37)43-6)22(18)15-24(35)29(21)34-23(20)14-19;5-1(3(7)8)2(6)4(9)10/h7-8,11-12,14,18,22,24,27-28,31,34H,9-10,13,15-16H2,1-6H3;1-2,5-6H,(H,7,8)(H,9,10)/t18-,22+,24-,27-,28+,31+;/m1./s1. The molecule has 6 rings (SSSR count). The summed E-state index contributed by atoms with van der Waals surface area (Å²) in [5.74, 6) is -3.10. The van der Waals surface area contributed by atoms with Crippen molar-refractivity contribution < 1.29 is 72.8 Å². The highest BCUT2D eigenvalue weighted by Crippen LogP contribution is 2.51. The number of aromatic amines is 1. The van der Waals surface area contributed by atoms with E-state index in [-0.39, 0.29) is 29.4 Å². The molecule has 3 aromatic rings. The van der Waals surface area contributed by atoms with Gasteiger partial charge < -0.3 is 58.6 Å². The number of ether oxygens (including phenoxy) is 7. The third-order valence-corrected chi connectivity index (χ3v) is 10.6. The molecule has 54 heavy (non-hydrogen) atoms. The van der Waals surface area contributed by atoms with E-state index in [0.717, 1.165) is 37.2 Å². The molecular formula is C37H46N2O15. The molecule has 1 aromatic heterocycles. The normalized spacial score (nSPS) is 24.2. The van der Waals surface area contributed by atoms with Crippen molar-refractivity contribution in [1.82, 2.24) is 9.88 Å². The molecule has 5 N–H and O–H groups in total. The minimum atomic E-state index is -2.27. The van der Waals surface area contributed by atoms with Crippen LogP contribution in [0, 0.1) is 17.8 Å². The second-order valence-corrected chi connectivity index (χ2v) is 13.3. The zero-order valence-corrected chi connectivity index (χ0v) is 30.8. The Kier molecular flexibility index (Phi) is 12.6. The van der Waals surface area contributed by atoms with Crippen LogP contribution in [-0.2, 0) is 35.0 Å². The van der Waals surface area contributed by atoms with Crippen LogP contribution in [0.2, 0.25) is 0 Å². The molecule has 3 aliphatic rings. The van der Waals surface area contributed by atoms with E-state index in [0.29, 0.717) is 23.7 Å². The van der Waals surface area contributed by atoms with E-state index in [1.165, 1.54) is 45.1 Å². The lowest BCUT2D eigenvalue weighted by atomic mass is 9.63. The number of esters is 2. The SMILES string of the molecule is COC(=O)[C@H]1[C@H]2C[C@@H]3c4[nH]c5cc(OC)ccc5c4CCN3C[C@H]2C[C@@H](OC(=O)c2cc(OC)c(OC)c(OC)c2)[C@@H]1OC.O=C(O)C(O)C(O)C(=O)O. The molecule has 294 valence electrons. The molecule has 2 aliphatic heterocycles. The molecule has 2 unspecified atom stereocenters. The summed E-state index contributed by atoms with van der Waals surface area (Å²) in [6.07, 6.45) is -3.61. The summed E-state index contributed by atoms with van der Waals surface area (Å²) in [5, 5.41) is 33.7. The van der Waals surface area contributed by atoms with Crippen molar-refractivity contribution >= 4 is 34.8 Å². The number of carbonyl (C=O) groups is 4. The van der Waals surface area contributed by atoms with Gasteiger partial charge in [0.15, 0.2) is 23.7 Å². The zero-order valence-electron chi connectivity index (χ0n) is 30.8. The zero-order chi connectivity index (χ0) is 39.4. The van der Waals surface area contributed by atoms with Gasteiger partial charge in [0, 0.05) is 42.9 Å². The van der Waals surface area contributed by atoms with Crippen LogP contribution in [0.5, 0.6) is 23.0 Å². The lowest BCUT2D eigenvalue weighted by Gasteiger charge is -2.52. The second-order valence-electron chi connectivity index (χ2n) is 13.3. The van der Waals surface area contributed by atoms with Crippen molar-refractivity contribution in [3.8, 4) is 23.0 Å². The molecule has 1 aliphatic carbocycles. The molecule has 1 saturated heterocycles. The van der Waals surface area contributed by atoms with Gasteiger partial charge in [0.2, 0.25) is 5.75 Å². The van der Waals surface area contributed by atoms with Gasteiger partial charge in [-0.05, 0) is 60.9 Å². The number of hydrogen-bond donors (Lipinski definition) is 5. The van der Waals surface area contributed by atoms with E-state index >= 15 is 0 Å². The predicted molar refractivity (Wildman–Crippen MR) is 188 cm³/mol. The number of piperidine rings is 1. The molecule has 17 nitrogen and oxygen atoms in total. The third-order valence-electron chi connectivity index (χ3n) is 10.6. The molecule has 0 amide bonds. The number of aliphatic hydroxyl groups excluding tert-OH is 2.